The lowest BCUT2D eigenvalue weighted by molar-refractivity contribution is 0.323. The Morgan fingerprint density at radius 1 is 1.26 bits per heavy atom. The van der Waals surface area contributed by atoms with Crippen molar-refractivity contribution in [3.05, 3.63) is 28.8 Å². The van der Waals surface area contributed by atoms with Crippen molar-refractivity contribution in [2.45, 2.75) is 37.8 Å². The van der Waals surface area contributed by atoms with Crippen molar-refractivity contribution < 1.29 is 0 Å². The lowest BCUT2D eigenvalue weighted by atomic mass is 9.92. The molecule has 0 bridgehead atoms. The fourth-order valence-corrected chi connectivity index (χ4v) is 2.66. The van der Waals surface area contributed by atoms with E-state index in [1.807, 2.05) is 12.1 Å². The van der Waals surface area contributed by atoms with Gasteiger partial charge in [0.1, 0.15) is 0 Å². The van der Waals surface area contributed by atoms with Gasteiger partial charge in [-0.15, -0.1) is 24.8 Å². The summed E-state index contributed by atoms with van der Waals surface area (Å²) in [6.45, 7) is 0. The Kier molecular flexibility index (Phi) is 5.40. The molecule has 1 aliphatic rings. The third-order valence-electron chi connectivity index (χ3n) is 3.58. The maximum Gasteiger partial charge on any atom is 0.327 e. The third-order valence-corrected chi connectivity index (χ3v) is 3.58. The van der Waals surface area contributed by atoms with Crippen LogP contribution >= 0.6 is 24.8 Å². The van der Waals surface area contributed by atoms with Gasteiger partial charge < -0.3 is 10.7 Å². The van der Waals surface area contributed by atoms with Crippen LogP contribution in [0.4, 0.5) is 0 Å². The molecular weight excluding hydrogens is 287 g/mol. The predicted octanol–water partition coefficient (Wildman–Crippen LogP) is 2.01. The Hall–Kier alpha value is -1.04. The molecule has 3 N–H and O–H groups in total. The molecule has 0 atom stereocenters. The summed E-state index contributed by atoms with van der Waals surface area (Å²) in [5.41, 5.74) is 7.41. The Bertz CT molecular complexity index is 587. The van der Waals surface area contributed by atoms with Gasteiger partial charge in [-0.05, 0) is 37.8 Å². The van der Waals surface area contributed by atoms with E-state index in [2.05, 4.69) is 9.97 Å². The van der Waals surface area contributed by atoms with Crippen LogP contribution in [0, 0.1) is 0 Å². The molecule has 0 aliphatic heterocycles. The SMILES string of the molecule is Cl.Cl.NC1CCC(n2c(=O)[nH]c3cccnc32)CC1. The standard InChI is InChI=1S/C12H16N4O.2ClH/c13-8-3-5-9(6-4-8)16-11-10(15-12(16)17)2-1-7-14-11;;/h1-2,7-9H,3-6,13H2,(H,15,17);2*1H. The zero-order chi connectivity index (χ0) is 11.8. The number of aromatic amines is 1. The molecule has 0 saturated heterocycles. The Morgan fingerprint density at radius 3 is 2.63 bits per heavy atom. The number of pyridine rings is 1. The highest BCUT2D eigenvalue weighted by Gasteiger charge is 2.23. The third kappa shape index (κ3) is 2.94. The summed E-state index contributed by atoms with van der Waals surface area (Å²) in [5, 5.41) is 0. The van der Waals surface area contributed by atoms with Crippen LogP contribution < -0.4 is 11.4 Å². The normalized spacial score (nSPS) is 22.6. The number of aromatic nitrogens is 3. The average Bonchev–Trinajstić information content (AvgIpc) is 2.66. The van der Waals surface area contributed by atoms with Gasteiger partial charge in [-0.3, -0.25) is 4.57 Å². The summed E-state index contributed by atoms with van der Waals surface area (Å²) in [7, 11) is 0. The number of imidazole rings is 1. The molecule has 2 aromatic rings. The molecule has 1 aliphatic carbocycles. The molecule has 0 aromatic carbocycles. The van der Waals surface area contributed by atoms with E-state index in [1.165, 1.54) is 0 Å². The zero-order valence-electron chi connectivity index (χ0n) is 10.4. The topological polar surface area (TPSA) is 76.7 Å². The van der Waals surface area contributed by atoms with Gasteiger partial charge in [0.15, 0.2) is 5.65 Å². The Balaban J connectivity index is 0.000000902. The van der Waals surface area contributed by atoms with Crippen LogP contribution in [0.25, 0.3) is 11.2 Å². The highest BCUT2D eigenvalue weighted by atomic mass is 35.5. The number of rotatable bonds is 1. The second-order valence-electron chi connectivity index (χ2n) is 4.74. The second kappa shape index (κ2) is 6.41. The predicted molar refractivity (Wildman–Crippen MR) is 80.3 cm³/mol. The van der Waals surface area contributed by atoms with E-state index >= 15 is 0 Å². The number of nitrogens with one attached hydrogen (secondary N) is 1. The molecule has 0 radical (unpaired) electrons. The van der Waals surface area contributed by atoms with Gasteiger partial charge in [-0.1, -0.05) is 0 Å². The molecule has 3 rings (SSSR count). The molecule has 1 fully saturated rings. The van der Waals surface area contributed by atoms with Gasteiger partial charge >= 0.3 is 5.69 Å². The van der Waals surface area contributed by atoms with E-state index in [4.69, 9.17) is 5.73 Å². The Morgan fingerprint density at radius 2 is 1.95 bits per heavy atom. The summed E-state index contributed by atoms with van der Waals surface area (Å²) in [6, 6.07) is 4.25. The molecule has 106 valence electrons. The minimum Gasteiger partial charge on any atom is -0.328 e. The summed E-state index contributed by atoms with van der Waals surface area (Å²) < 4.78 is 1.79. The van der Waals surface area contributed by atoms with E-state index in [1.54, 1.807) is 10.8 Å². The van der Waals surface area contributed by atoms with Crippen LogP contribution in [0.2, 0.25) is 0 Å². The molecule has 19 heavy (non-hydrogen) atoms. The number of nitrogens with two attached hydrogens (primary N) is 1. The van der Waals surface area contributed by atoms with Gasteiger partial charge in [-0.2, -0.15) is 0 Å². The largest absolute Gasteiger partial charge is 0.328 e. The first-order chi connectivity index (χ1) is 8.25. The number of hydrogen-bond acceptors (Lipinski definition) is 3. The lowest BCUT2D eigenvalue weighted by Crippen LogP contribution is -2.31. The van der Waals surface area contributed by atoms with Crippen molar-refractivity contribution in [1.29, 1.82) is 0 Å². The minimum atomic E-state index is -0.0563. The highest BCUT2D eigenvalue weighted by molar-refractivity contribution is 5.85. The quantitative estimate of drug-likeness (QED) is 0.846. The fourth-order valence-electron chi connectivity index (χ4n) is 2.66. The zero-order valence-corrected chi connectivity index (χ0v) is 12.0. The number of fused-ring (bicyclic) bond motifs is 1. The maximum absolute atomic E-state index is 12.0. The van der Waals surface area contributed by atoms with Crippen molar-refractivity contribution >= 4 is 36.0 Å². The molecule has 1 saturated carbocycles. The monoisotopic (exact) mass is 304 g/mol. The molecule has 5 nitrogen and oxygen atoms in total. The van der Waals surface area contributed by atoms with Gasteiger partial charge in [0.25, 0.3) is 0 Å². The number of H-pyrrole nitrogens is 1. The van der Waals surface area contributed by atoms with Crippen molar-refractivity contribution in [1.82, 2.24) is 14.5 Å². The van der Waals surface area contributed by atoms with Crippen molar-refractivity contribution in [2.75, 3.05) is 0 Å². The van der Waals surface area contributed by atoms with Crippen LogP contribution in [0.5, 0.6) is 0 Å². The van der Waals surface area contributed by atoms with Gasteiger partial charge in [0, 0.05) is 18.3 Å². The number of nitrogens with zero attached hydrogens (tertiary/aromatic N) is 2. The smallest absolute Gasteiger partial charge is 0.327 e. The summed E-state index contributed by atoms with van der Waals surface area (Å²) in [4.78, 5) is 19.1. The van der Waals surface area contributed by atoms with Crippen LogP contribution in [-0.2, 0) is 0 Å². The number of hydrogen-bond donors (Lipinski definition) is 2. The number of halogens is 2. The first kappa shape index (κ1) is 16.0. The van der Waals surface area contributed by atoms with E-state index in [0.29, 0.717) is 6.04 Å². The first-order valence-corrected chi connectivity index (χ1v) is 6.06. The van der Waals surface area contributed by atoms with Crippen molar-refractivity contribution in [3.63, 3.8) is 0 Å². The molecule has 0 amide bonds. The molecule has 0 unspecified atom stereocenters. The molecule has 2 aromatic heterocycles. The average molecular weight is 305 g/mol. The lowest BCUT2D eigenvalue weighted by Gasteiger charge is -2.26. The highest BCUT2D eigenvalue weighted by Crippen LogP contribution is 2.28. The van der Waals surface area contributed by atoms with Crippen LogP contribution in [0.15, 0.2) is 23.1 Å². The van der Waals surface area contributed by atoms with Crippen molar-refractivity contribution in [2.24, 2.45) is 5.73 Å². The van der Waals surface area contributed by atoms with Crippen LogP contribution in [0.1, 0.15) is 31.7 Å². The van der Waals surface area contributed by atoms with Crippen molar-refractivity contribution in [3.8, 4) is 0 Å². The summed E-state index contributed by atoms with van der Waals surface area (Å²) >= 11 is 0. The van der Waals surface area contributed by atoms with Gasteiger partial charge in [0.05, 0.1) is 5.52 Å². The van der Waals surface area contributed by atoms with E-state index in [-0.39, 0.29) is 36.5 Å². The Labute approximate surface area is 123 Å². The summed E-state index contributed by atoms with van der Waals surface area (Å²) in [5.74, 6) is 0. The van der Waals surface area contributed by atoms with E-state index in [9.17, 15) is 4.79 Å². The van der Waals surface area contributed by atoms with E-state index < -0.39 is 0 Å². The first-order valence-electron chi connectivity index (χ1n) is 6.06. The summed E-state index contributed by atoms with van der Waals surface area (Å²) in [6.07, 6.45) is 5.61. The van der Waals surface area contributed by atoms with Gasteiger partial charge in [0.2, 0.25) is 0 Å². The van der Waals surface area contributed by atoms with Crippen LogP contribution in [-0.4, -0.2) is 20.6 Å². The molecular formula is C12H18Cl2N4O. The molecule has 0 spiro atoms. The second-order valence-corrected chi connectivity index (χ2v) is 4.74. The molecule has 2 heterocycles. The minimum absolute atomic E-state index is 0. The van der Waals surface area contributed by atoms with E-state index in [0.717, 1.165) is 36.8 Å². The molecule has 7 heteroatoms. The van der Waals surface area contributed by atoms with Crippen LogP contribution in [0.3, 0.4) is 0 Å². The maximum atomic E-state index is 12.0. The van der Waals surface area contributed by atoms with Gasteiger partial charge in [-0.25, -0.2) is 9.78 Å². The fraction of sp³-hybridized carbons (Fsp3) is 0.500.